The Morgan fingerprint density at radius 3 is 2.54 bits per heavy atom. The smallest absolute Gasteiger partial charge is 0.00762 e. The van der Waals surface area contributed by atoms with Crippen LogP contribution in [0.2, 0.25) is 0 Å². The van der Waals surface area contributed by atoms with Gasteiger partial charge in [-0.05, 0) is 53.1 Å². The minimum absolute atomic E-state index is 0.668. The largest absolute Gasteiger partial charge is 0.317 e. The third kappa shape index (κ3) is 2.96. The Morgan fingerprint density at radius 1 is 1.31 bits per heavy atom. The van der Waals surface area contributed by atoms with Gasteiger partial charge in [0.15, 0.2) is 0 Å². The molecule has 1 saturated heterocycles. The SMILES string of the molecule is CNC(C)C1CCCN(C(C)C)C1. The van der Waals surface area contributed by atoms with Gasteiger partial charge in [0.1, 0.15) is 0 Å². The average molecular weight is 184 g/mol. The van der Waals surface area contributed by atoms with Gasteiger partial charge in [-0.3, -0.25) is 0 Å². The van der Waals surface area contributed by atoms with Gasteiger partial charge in [0.2, 0.25) is 0 Å². The van der Waals surface area contributed by atoms with Crippen molar-refractivity contribution in [3.63, 3.8) is 0 Å². The highest BCUT2D eigenvalue weighted by atomic mass is 15.2. The van der Waals surface area contributed by atoms with Crippen LogP contribution in [0.25, 0.3) is 0 Å². The van der Waals surface area contributed by atoms with Crippen LogP contribution in [0.5, 0.6) is 0 Å². The van der Waals surface area contributed by atoms with Gasteiger partial charge in [-0.2, -0.15) is 0 Å². The first kappa shape index (κ1) is 11.0. The second-order valence-electron chi connectivity index (χ2n) is 4.57. The maximum atomic E-state index is 3.37. The molecule has 0 radical (unpaired) electrons. The molecule has 1 rings (SSSR count). The number of rotatable bonds is 3. The fourth-order valence-electron chi connectivity index (χ4n) is 2.15. The molecule has 1 N–H and O–H groups in total. The van der Waals surface area contributed by atoms with E-state index < -0.39 is 0 Å². The van der Waals surface area contributed by atoms with Gasteiger partial charge < -0.3 is 10.2 Å². The Hall–Kier alpha value is -0.0800. The number of hydrogen-bond donors (Lipinski definition) is 1. The molecule has 2 unspecified atom stereocenters. The molecule has 1 aliphatic rings. The second-order valence-corrected chi connectivity index (χ2v) is 4.57. The first-order valence-electron chi connectivity index (χ1n) is 5.56. The Bertz CT molecular complexity index is 145. The van der Waals surface area contributed by atoms with E-state index in [0.29, 0.717) is 12.1 Å². The summed E-state index contributed by atoms with van der Waals surface area (Å²) in [5.74, 6) is 0.848. The van der Waals surface area contributed by atoms with Gasteiger partial charge in [-0.15, -0.1) is 0 Å². The van der Waals surface area contributed by atoms with Crippen molar-refractivity contribution >= 4 is 0 Å². The van der Waals surface area contributed by atoms with Crippen LogP contribution < -0.4 is 5.32 Å². The molecule has 0 aromatic rings. The molecule has 1 aliphatic heterocycles. The lowest BCUT2D eigenvalue weighted by atomic mass is 9.91. The zero-order valence-corrected chi connectivity index (χ0v) is 9.51. The maximum Gasteiger partial charge on any atom is 0.00762 e. The van der Waals surface area contributed by atoms with Gasteiger partial charge in [-0.25, -0.2) is 0 Å². The summed E-state index contributed by atoms with van der Waals surface area (Å²) in [6.07, 6.45) is 2.76. The highest BCUT2D eigenvalue weighted by Crippen LogP contribution is 2.20. The van der Waals surface area contributed by atoms with E-state index in [1.54, 1.807) is 0 Å². The molecule has 1 fully saturated rings. The van der Waals surface area contributed by atoms with E-state index in [0.717, 1.165) is 5.92 Å². The van der Waals surface area contributed by atoms with E-state index in [4.69, 9.17) is 0 Å². The van der Waals surface area contributed by atoms with Crippen LogP contribution in [0.4, 0.5) is 0 Å². The molecule has 13 heavy (non-hydrogen) atoms. The topological polar surface area (TPSA) is 15.3 Å². The summed E-state index contributed by atoms with van der Waals surface area (Å²) in [6.45, 7) is 9.47. The van der Waals surface area contributed by atoms with Crippen LogP contribution in [-0.2, 0) is 0 Å². The lowest BCUT2D eigenvalue weighted by Gasteiger charge is -2.37. The molecule has 2 heteroatoms. The minimum Gasteiger partial charge on any atom is -0.317 e. The highest BCUT2D eigenvalue weighted by molar-refractivity contribution is 4.80. The number of nitrogens with one attached hydrogen (secondary N) is 1. The molecule has 1 heterocycles. The van der Waals surface area contributed by atoms with Crippen molar-refractivity contribution in [1.82, 2.24) is 10.2 Å². The van der Waals surface area contributed by atoms with Crippen molar-refractivity contribution in [2.24, 2.45) is 5.92 Å². The molecule has 0 amide bonds. The van der Waals surface area contributed by atoms with Gasteiger partial charge in [0.25, 0.3) is 0 Å². The van der Waals surface area contributed by atoms with Gasteiger partial charge >= 0.3 is 0 Å². The molecule has 2 atom stereocenters. The van der Waals surface area contributed by atoms with Crippen LogP contribution in [0.1, 0.15) is 33.6 Å². The monoisotopic (exact) mass is 184 g/mol. The summed E-state index contributed by atoms with van der Waals surface area (Å²) in [7, 11) is 2.07. The van der Waals surface area contributed by atoms with Crippen molar-refractivity contribution in [2.45, 2.75) is 45.7 Å². The summed E-state index contributed by atoms with van der Waals surface area (Å²) >= 11 is 0. The molecule has 0 aromatic carbocycles. The van der Waals surface area contributed by atoms with E-state index >= 15 is 0 Å². The lowest BCUT2D eigenvalue weighted by molar-refractivity contribution is 0.123. The predicted molar refractivity (Wildman–Crippen MR) is 58.0 cm³/mol. The normalized spacial score (nSPS) is 27.9. The van der Waals surface area contributed by atoms with Crippen LogP contribution in [0.3, 0.4) is 0 Å². The first-order valence-corrected chi connectivity index (χ1v) is 5.56. The standard InChI is InChI=1S/C11H24N2/c1-9(2)13-7-5-6-11(8-13)10(3)12-4/h9-12H,5-8H2,1-4H3. The van der Waals surface area contributed by atoms with Crippen molar-refractivity contribution in [2.75, 3.05) is 20.1 Å². The van der Waals surface area contributed by atoms with Crippen molar-refractivity contribution in [3.8, 4) is 0 Å². The Labute approximate surface area is 82.7 Å². The molecule has 0 aliphatic carbocycles. The summed E-state index contributed by atoms with van der Waals surface area (Å²) in [6, 6.07) is 1.38. The minimum atomic E-state index is 0.668. The fourth-order valence-corrected chi connectivity index (χ4v) is 2.15. The zero-order chi connectivity index (χ0) is 9.84. The van der Waals surface area contributed by atoms with Crippen molar-refractivity contribution in [3.05, 3.63) is 0 Å². The number of likely N-dealkylation sites (tertiary alicyclic amines) is 1. The van der Waals surface area contributed by atoms with Crippen molar-refractivity contribution < 1.29 is 0 Å². The second kappa shape index (κ2) is 4.97. The van der Waals surface area contributed by atoms with Gasteiger partial charge in [-0.1, -0.05) is 0 Å². The maximum absolute atomic E-state index is 3.37. The molecular formula is C11H24N2. The summed E-state index contributed by atoms with van der Waals surface area (Å²) < 4.78 is 0. The van der Waals surface area contributed by atoms with Crippen molar-refractivity contribution in [1.29, 1.82) is 0 Å². The number of nitrogens with zero attached hydrogens (tertiary/aromatic N) is 1. The number of piperidine rings is 1. The first-order chi connectivity index (χ1) is 6.15. The third-order valence-electron chi connectivity index (χ3n) is 3.38. The van der Waals surface area contributed by atoms with E-state index in [-0.39, 0.29) is 0 Å². The lowest BCUT2D eigenvalue weighted by Crippen LogP contribution is -2.45. The zero-order valence-electron chi connectivity index (χ0n) is 9.51. The summed E-state index contributed by atoms with van der Waals surface area (Å²) in [4.78, 5) is 2.60. The molecular weight excluding hydrogens is 160 g/mol. The van der Waals surface area contributed by atoms with Gasteiger partial charge in [0, 0.05) is 18.6 Å². The van der Waals surface area contributed by atoms with Crippen LogP contribution in [0.15, 0.2) is 0 Å². The van der Waals surface area contributed by atoms with Crippen LogP contribution >= 0.6 is 0 Å². The third-order valence-corrected chi connectivity index (χ3v) is 3.38. The predicted octanol–water partition coefficient (Wildman–Crippen LogP) is 1.71. The van der Waals surface area contributed by atoms with Gasteiger partial charge in [0.05, 0.1) is 0 Å². The Kier molecular flexibility index (Phi) is 4.20. The quantitative estimate of drug-likeness (QED) is 0.718. The number of hydrogen-bond acceptors (Lipinski definition) is 2. The van der Waals surface area contributed by atoms with E-state index in [9.17, 15) is 0 Å². The van der Waals surface area contributed by atoms with Crippen LogP contribution in [-0.4, -0.2) is 37.1 Å². The molecule has 2 nitrogen and oxygen atoms in total. The fraction of sp³-hybridized carbons (Fsp3) is 1.00. The van der Waals surface area contributed by atoms with E-state index in [1.165, 1.54) is 25.9 Å². The Morgan fingerprint density at radius 2 is 2.00 bits per heavy atom. The van der Waals surface area contributed by atoms with E-state index in [2.05, 4.69) is 38.0 Å². The Balaban J connectivity index is 2.41. The molecule has 0 bridgehead atoms. The van der Waals surface area contributed by atoms with Crippen LogP contribution in [0, 0.1) is 5.92 Å². The molecule has 0 saturated carbocycles. The summed E-state index contributed by atoms with van der Waals surface area (Å²) in [5, 5.41) is 3.37. The highest BCUT2D eigenvalue weighted by Gasteiger charge is 2.24. The average Bonchev–Trinajstić information content (AvgIpc) is 2.17. The molecule has 0 aromatic heterocycles. The summed E-state index contributed by atoms with van der Waals surface area (Å²) in [5.41, 5.74) is 0. The van der Waals surface area contributed by atoms with E-state index in [1.807, 2.05) is 0 Å². The molecule has 78 valence electrons. The molecule has 0 spiro atoms.